The van der Waals surface area contributed by atoms with Crippen molar-refractivity contribution in [2.45, 2.75) is 89.8 Å². The number of rotatable bonds is 13. The SMILES string of the molecule is CCC[C@@H]1CCCCN1C(=O)c1cc(C(=O)N[C@@H](Cc2ccccc2)[C@H](O)CNCc2cccc(C(F)(F)F)c2)nn1CC. The molecule has 3 N–H and O–H groups in total. The number of aliphatic hydroxyl groups excluding tert-OH is 1. The summed E-state index contributed by atoms with van der Waals surface area (Å²) < 4.78 is 40.9. The van der Waals surface area contributed by atoms with E-state index < -0.39 is 29.8 Å². The van der Waals surface area contributed by atoms with Gasteiger partial charge in [0.2, 0.25) is 0 Å². The largest absolute Gasteiger partial charge is 0.416 e. The lowest BCUT2D eigenvalue weighted by atomic mass is 9.98. The molecule has 2 aromatic carbocycles. The van der Waals surface area contributed by atoms with Crippen LogP contribution < -0.4 is 10.6 Å². The molecule has 1 aromatic heterocycles. The molecule has 1 saturated heterocycles. The Hall–Kier alpha value is -3.70. The summed E-state index contributed by atoms with van der Waals surface area (Å²) >= 11 is 0. The fourth-order valence-corrected chi connectivity index (χ4v) is 5.75. The number of hydrogen-bond acceptors (Lipinski definition) is 5. The minimum Gasteiger partial charge on any atom is -0.390 e. The summed E-state index contributed by atoms with van der Waals surface area (Å²) in [6.45, 7) is 5.19. The van der Waals surface area contributed by atoms with Crippen LogP contribution in [0, 0.1) is 0 Å². The van der Waals surface area contributed by atoms with Gasteiger partial charge in [0.1, 0.15) is 5.69 Å². The highest BCUT2D eigenvalue weighted by atomic mass is 19.4. The number of aromatic nitrogens is 2. The lowest BCUT2D eigenvalue weighted by molar-refractivity contribution is -0.137. The van der Waals surface area contributed by atoms with E-state index in [9.17, 15) is 27.9 Å². The third kappa shape index (κ3) is 8.69. The van der Waals surface area contributed by atoms with Gasteiger partial charge >= 0.3 is 6.18 Å². The summed E-state index contributed by atoms with van der Waals surface area (Å²) in [7, 11) is 0. The maximum atomic E-state index is 13.6. The second-order valence-electron chi connectivity index (χ2n) is 11.3. The van der Waals surface area contributed by atoms with Gasteiger partial charge in [-0.15, -0.1) is 0 Å². The lowest BCUT2D eigenvalue weighted by Crippen LogP contribution is -2.48. The molecule has 1 aliphatic heterocycles. The van der Waals surface area contributed by atoms with E-state index in [0.717, 1.165) is 49.8 Å². The van der Waals surface area contributed by atoms with Crippen LogP contribution in [0.4, 0.5) is 13.2 Å². The molecular formula is C33H42F3N5O3. The zero-order valence-electron chi connectivity index (χ0n) is 25.3. The van der Waals surface area contributed by atoms with Crippen LogP contribution in [0.5, 0.6) is 0 Å². The number of alkyl halides is 3. The van der Waals surface area contributed by atoms with Crippen molar-refractivity contribution in [2.24, 2.45) is 0 Å². The first-order valence-corrected chi connectivity index (χ1v) is 15.4. The Labute approximate surface area is 256 Å². The molecule has 1 fully saturated rings. The minimum atomic E-state index is -4.44. The predicted octanol–water partition coefficient (Wildman–Crippen LogP) is 5.21. The number of piperidine rings is 1. The van der Waals surface area contributed by atoms with Gasteiger partial charge in [-0.1, -0.05) is 61.9 Å². The number of aryl methyl sites for hydroxylation is 1. The molecule has 11 heteroatoms. The Bertz CT molecular complexity index is 1380. The summed E-state index contributed by atoms with van der Waals surface area (Å²) in [5, 5.41) is 21.5. The van der Waals surface area contributed by atoms with Gasteiger partial charge in [0, 0.05) is 38.3 Å². The average Bonchev–Trinajstić information content (AvgIpc) is 3.46. The Morgan fingerprint density at radius 1 is 1.05 bits per heavy atom. The van der Waals surface area contributed by atoms with Crippen LogP contribution in [0.2, 0.25) is 0 Å². The van der Waals surface area contributed by atoms with E-state index in [2.05, 4.69) is 22.7 Å². The highest BCUT2D eigenvalue weighted by molar-refractivity contribution is 5.98. The van der Waals surface area contributed by atoms with Crippen molar-refractivity contribution in [3.8, 4) is 0 Å². The van der Waals surface area contributed by atoms with Gasteiger partial charge in [-0.05, 0) is 56.2 Å². The van der Waals surface area contributed by atoms with Crippen LogP contribution in [0.15, 0.2) is 60.7 Å². The van der Waals surface area contributed by atoms with Gasteiger partial charge in [-0.2, -0.15) is 18.3 Å². The predicted molar refractivity (Wildman–Crippen MR) is 162 cm³/mol. The number of nitrogens with one attached hydrogen (secondary N) is 2. The normalized spacial score (nSPS) is 16.9. The van der Waals surface area contributed by atoms with E-state index in [1.165, 1.54) is 12.1 Å². The second kappa shape index (κ2) is 15.3. The highest BCUT2D eigenvalue weighted by Gasteiger charge is 2.32. The molecule has 3 aromatic rings. The number of likely N-dealkylation sites (tertiary alicyclic amines) is 1. The summed E-state index contributed by atoms with van der Waals surface area (Å²) in [4.78, 5) is 29.0. The van der Waals surface area contributed by atoms with Crippen LogP contribution >= 0.6 is 0 Å². The average molecular weight is 614 g/mol. The maximum Gasteiger partial charge on any atom is 0.416 e. The molecule has 8 nitrogen and oxygen atoms in total. The Kier molecular flexibility index (Phi) is 11.6. The number of hydrogen-bond donors (Lipinski definition) is 3. The molecule has 0 unspecified atom stereocenters. The number of halogens is 3. The molecule has 0 spiro atoms. The van der Waals surface area contributed by atoms with Crippen LogP contribution in [-0.2, 0) is 25.7 Å². The molecule has 238 valence electrons. The van der Waals surface area contributed by atoms with Crippen molar-refractivity contribution in [2.75, 3.05) is 13.1 Å². The van der Waals surface area contributed by atoms with Crippen molar-refractivity contribution in [3.05, 3.63) is 88.7 Å². The molecule has 2 heterocycles. The topological polar surface area (TPSA) is 99.5 Å². The van der Waals surface area contributed by atoms with Crippen LogP contribution in [0.25, 0.3) is 0 Å². The molecule has 0 aliphatic carbocycles. The highest BCUT2D eigenvalue weighted by Crippen LogP contribution is 2.29. The molecule has 4 rings (SSSR count). The Morgan fingerprint density at radius 2 is 1.80 bits per heavy atom. The Balaban J connectivity index is 1.47. The zero-order chi connectivity index (χ0) is 31.7. The number of carbonyl (C=O) groups excluding carboxylic acids is 2. The number of benzene rings is 2. The third-order valence-corrected chi connectivity index (χ3v) is 8.06. The first kappa shape index (κ1) is 33.2. The van der Waals surface area contributed by atoms with E-state index in [-0.39, 0.29) is 30.7 Å². The van der Waals surface area contributed by atoms with E-state index in [4.69, 9.17) is 0 Å². The molecule has 0 bridgehead atoms. The monoisotopic (exact) mass is 613 g/mol. The Morgan fingerprint density at radius 3 is 2.50 bits per heavy atom. The van der Waals surface area contributed by atoms with Gasteiger partial charge in [0.25, 0.3) is 11.8 Å². The van der Waals surface area contributed by atoms with Crippen LogP contribution in [0.3, 0.4) is 0 Å². The molecule has 1 aliphatic rings. The van der Waals surface area contributed by atoms with Gasteiger partial charge < -0.3 is 20.6 Å². The molecule has 0 radical (unpaired) electrons. The van der Waals surface area contributed by atoms with Crippen molar-refractivity contribution in [1.29, 1.82) is 0 Å². The third-order valence-electron chi connectivity index (χ3n) is 8.06. The smallest absolute Gasteiger partial charge is 0.390 e. The van der Waals surface area contributed by atoms with E-state index >= 15 is 0 Å². The summed E-state index contributed by atoms with van der Waals surface area (Å²) in [6.07, 6.45) is -0.284. The van der Waals surface area contributed by atoms with Crippen molar-refractivity contribution >= 4 is 11.8 Å². The minimum absolute atomic E-state index is 0.0228. The van der Waals surface area contributed by atoms with Crippen molar-refractivity contribution in [1.82, 2.24) is 25.3 Å². The first-order chi connectivity index (χ1) is 21.1. The molecule has 3 atom stereocenters. The molecule has 0 saturated carbocycles. The summed E-state index contributed by atoms with van der Waals surface area (Å²) in [5.74, 6) is -0.649. The van der Waals surface area contributed by atoms with Crippen molar-refractivity contribution < 1.29 is 27.9 Å². The maximum absolute atomic E-state index is 13.6. The fourth-order valence-electron chi connectivity index (χ4n) is 5.75. The summed E-state index contributed by atoms with van der Waals surface area (Å²) in [6, 6.07) is 15.3. The van der Waals surface area contributed by atoms with Crippen molar-refractivity contribution in [3.63, 3.8) is 0 Å². The van der Waals surface area contributed by atoms with Crippen LogP contribution in [0.1, 0.15) is 83.6 Å². The summed E-state index contributed by atoms with van der Waals surface area (Å²) in [5.41, 5.74) is 1.02. The van der Waals surface area contributed by atoms with Crippen LogP contribution in [-0.4, -0.2) is 62.9 Å². The number of carbonyl (C=O) groups is 2. The lowest BCUT2D eigenvalue weighted by Gasteiger charge is -2.35. The standard InChI is InChI=1S/C33H42F3N5O3/c1-3-11-26-16-8-9-17-40(26)32(44)29-20-28(39-41(29)4-2)31(43)38-27(19-23-12-6-5-7-13-23)30(42)22-37-21-24-14-10-15-25(18-24)33(34,35)36/h5-7,10,12-15,18,20,26-27,30,37,42H,3-4,8-9,11,16-17,19,21-22H2,1-2H3,(H,38,43)/t26-,27+,30-/m1/s1. The van der Waals surface area contributed by atoms with Gasteiger partial charge in [-0.3, -0.25) is 14.3 Å². The first-order valence-electron chi connectivity index (χ1n) is 15.4. The zero-order valence-corrected chi connectivity index (χ0v) is 25.3. The number of amides is 2. The molecular weight excluding hydrogens is 571 g/mol. The second-order valence-corrected chi connectivity index (χ2v) is 11.3. The molecule has 44 heavy (non-hydrogen) atoms. The van der Waals surface area contributed by atoms with Gasteiger partial charge in [0.05, 0.1) is 17.7 Å². The number of aliphatic hydroxyl groups is 1. The quantitative estimate of drug-likeness (QED) is 0.246. The van der Waals surface area contributed by atoms with E-state index in [1.807, 2.05) is 42.2 Å². The van der Waals surface area contributed by atoms with E-state index in [1.54, 1.807) is 10.7 Å². The van der Waals surface area contributed by atoms with Gasteiger partial charge in [-0.25, -0.2) is 0 Å². The van der Waals surface area contributed by atoms with Gasteiger partial charge in [0.15, 0.2) is 5.69 Å². The molecule has 2 amide bonds. The number of nitrogens with zero attached hydrogens (tertiary/aromatic N) is 3. The fraction of sp³-hybridized carbons (Fsp3) is 0.485. The van der Waals surface area contributed by atoms with E-state index in [0.29, 0.717) is 30.8 Å².